The van der Waals surface area contributed by atoms with Gasteiger partial charge in [-0.15, -0.1) is 0 Å². The molecule has 0 saturated heterocycles. The zero-order valence-electron chi connectivity index (χ0n) is 16.8. The molecule has 6 nitrogen and oxygen atoms in total. The number of carbonyl (C=O) groups is 2. The number of unbranched alkanes of at least 4 members (excludes halogenated alkanes) is 3. The fraction of sp³-hybridized carbons (Fsp3) is 0.550. The smallest absolute Gasteiger partial charge is 0.412 e. The highest BCUT2D eigenvalue weighted by atomic mass is 32.2. The lowest BCUT2D eigenvalue weighted by Crippen LogP contribution is -2.27. The number of rotatable bonds is 9. The van der Waals surface area contributed by atoms with Gasteiger partial charge in [-0.3, -0.25) is 10.1 Å². The second-order valence-corrected chi connectivity index (χ2v) is 6.99. The predicted molar refractivity (Wildman–Crippen MR) is 114 cm³/mol. The first kappa shape index (κ1) is 23.0. The number of nitrogens with one attached hydrogen (secondary N) is 2. The van der Waals surface area contributed by atoms with Gasteiger partial charge in [0.1, 0.15) is 0 Å². The lowest BCUT2D eigenvalue weighted by Gasteiger charge is -2.12. The highest BCUT2D eigenvalue weighted by molar-refractivity contribution is 8.13. The molecular weight excluding hydrogens is 362 g/mol. The molecule has 1 aromatic carbocycles. The summed E-state index contributed by atoms with van der Waals surface area (Å²) < 4.78 is 4.63. The Morgan fingerprint density at radius 3 is 2.52 bits per heavy atom. The van der Waals surface area contributed by atoms with E-state index in [-0.39, 0.29) is 5.91 Å². The maximum absolute atomic E-state index is 12.2. The molecule has 0 aromatic heterocycles. The molecule has 150 valence electrons. The van der Waals surface area contributed by atoms with E-state index in [0.717, 1.165) is 44.1 Å². The highest BCUT2D eigenvalue weighted by Crippen LogP contribution is 2.28. The summed E-state index contributed by atoms with van der Waals surface area (Å²) in [5.74, 6) is -0.0205. The summed E-state index contributed by atoms with van der Waals surface area (Å²) in [4.78, 5) is 28.2. The minimum Gasteiger partial charge on any atom is -0.453 e. The van der Waals surface area contributed by atoms with Crippen molar-refractivity contribution in [2.45, 2.75) is 58.8 Å². The van der Waals surface area contributed by atoms with Gasteiger partial charge < -0.3 is 10.1 Å². The number of hydrogen-bond acceptors (Lipinski definition) is 5. The average molecular weight is 394 g/mol. The van der Waals surface area contributed by atoms with Crippen molar-refractivity contribution >= 4 is 40.3 Å². The molecule has 0 unspecified atom stereocenters. The second kappa shape index (κ2) is 13.2. The standard InChI is InChI=1S/C20H31N3O3S/c1-5-7-9-11-18(24)21-16-13-12-15(10-8-6-2)14-17(16)22-19(27-4)23-20(25)26-3/h12-14H,5-11H2,1-4H3,(H,21,24)(H,22,23,25). The van der Waals surface area contributed by atoms with Crippen LogP contribution < -0.4 is 10.6 Å². The lowest BCUT2D eigenvalue weighted by atomic mass is 10.1. The third-order valence-corrected chi connectivity index (χ3v) is 4.55. The molecule has 7 heteroatoms. The number of anilines is 1. The average Bonchev–Trinajstić information content (AvgIpc) is 2.67. The Bertz CT molecular complexity index is 647. The Labute approximate surface area is 166 Å². The number of methoxy groups -OCH3 is 1. The first-order chi connectivity index (χ1) is 13.0. The fourth-order valence-electron chi connectivity index (χ4n) is 2.43. The molecule has 0 heterocycles. The third-order valence-electron chi connectivity index (χ3n) is 3.97. The molecule has 2 N–H and O–H groups in total. The molecule has 0 fully saturated rings. The number of carbonyl (C=O) groups excluding carboxylic acids is 2. The number of benzene rings is 1. The largest absolute Gasteiger partial charge is 0.453 e. The van der Waals surface area contributed by atoms with Crippen molar-refractivity contribution < 1.29 is 14.3 Å². The number of aryl methyl sites for hydroxylation is 1. The van der Waals surface area contributed by atoms with Crippen LogP contribution in [0.1, 0.15) is 57.9 Å². The summed E-state index contributed by atoms with van der Waals surface area (Å²) in [6, 6.07) is 5.87. The van der Waals surface area contributed by atoms with Gasteiger partial charge in [0.05, 0.1) is 18.5 Å². The molecule has 2 amide bonds. The molecule has 27 heavy (non-hydrogen) atoms. The van der Waals surface area contributed by atoms with Crippen molar-refractivity contribution in [1.29, 1.82) is 0 Å². The van der Waals surface area contributed by atoms with Crippen LogP contribution in [-0.4, -0.2) is 30.5 Å². The first-order valence-electron chi connectivity index (χ1n) is 9.44. The Balaban J connectivity index is 3.06. The van der Waals surface area contributed by atoms with Crippen molar-refractivity contribution in [2.24, 2.45) is 4.99 Å². The molecular formula is C20H31N3O3S. The SMILES string of the molecule is CCCCCC(=O)Nc1ccc(CCCC)cc1N=C(NC(=O)OC)SC. The molecule has 0 spiro atoms. The van der Waals surface area contributed by atoms with Crippen molar-refractivity contribution in [2.75, 3.05) is 18.7 Å². The number of hydrogen-bond donors (Lipinski definition) is 2. The van der Waals surface area contributed by atoms with Crippen molar-refractivity contribution in [3.63, 3.8) is 0 Å². The molecule has 0 aliphatic rings. The molecule has 0 radical (unpaired) electrons. The summed E-state index contributed by atoms with van der Waals surface area (Å²) >= 11 is 1.30. The molecule has 0 bridgehead atoms. The predicted octanol–water partition coefficient (Wildman–Crippen LogP) is 5.25. The molecule has 0 saturated carbocycles. The van der Waals surface area contributed by atoms with Crippen molar-refractivity contribution in [3.8, 4) is 0 Å². The monoisotopic (exact) mass is 393 g/mol. The number of aliphatic imine (C=N–C) groups is 1. The van der Waals surface area contributed by atoms with Gasteiger partial charge in [-0.2, -0.15) is 0 Å². The second-order valence-electron chi connectivity index (χ2n) is 6.20. The van der Waals surface area contributed by atoms with E-state index in [1.807, 2.05) is 24.5 Å². The molecule has 1 rings (SSSR count). The van der Waals surface area contributed by atoms with E-state index < -0.39 is 6.09 Å². The lowest BCUT2D eigenvalue weighted by molar-refractivity contribution is -0.116. The Morgan fingerprint density at radius 2 is 1.89 bits per heavy atom. The van der Waals surface area contributed by atoms with E-state index in [4.69, 9.17) is 0 Å². The summed E-state index contributed by atoms with van der Waals surface area (Å²) in [5.41, 5.74) is 2.43. The third kappa shape index (κ3) is 8.95. The number of thioether (sulfide) groups is 1. The van der Waals surface area contributed by atoms with Crippen LogP contribution in [0.2, 0.25) is 0 Å². The van der Waals surface area contributed by atoms with E-state index in [0.29, 0.717) is 23.0 Å². The highest BCUT2D eigenvalue weighted by Gasteiger charge is 2.11. The number of nitrogens with zero attached hydrogens (tertiary/aromatic N) is 1. The zero-order chi connectivity index (χ0) is 20.1. The number of amides is 2. The normalized spacial score (nSPS) is 11.2. The summed E-state index contributed by atoms with van der Waals surface area (Å²) in [6.45, 7) is 4.26. The van der Waals surface area contributed by atoms with E-state index >= 15 is 0 Å². The van der Waals surface area contributed by atoms with Gasteiger partial charge in [0.2, 0.25) is 5.91 Å². The minimum atomic E-state index is -0.574. The van der Waals surface area contributed by atoms with Crippen LogP contribution in [0, 0.1) is 0 Å². The van der Waals surface area contributed by atoms with Crippen LogP contribution in [0.5, 0.6) is 0 Å². The fourth-order valence-corrected chi connectivity index (χ4v) is 2.81. The minimum absolute atomic E-state index is 0.0205. The number of amidine groups is 1. The molecule has 0 aliphatic heterocycles. The van der Waals surface area contributed by atoms with Gasteiger partial charge in [0, 0.05) is 6.42 Å². The van der Waals surface area contributed by atoms with Gasteiger partial charge in [-0.05, 0) is 43.2 Å². The summed E-state index contributed by atoms with van der Waals surface area (Å²) in [6.07, 6.45) is 7.85. The molecule has 0 atom stereocenters. The maximum atomic E-state index is 12.2. The molecule has 1 aromatic rings. The number of ether oxygens (including phenoxy) is 1. The van der Waals surface area contributed by atoms with Gasteiger partial charge in [-0.1, -0.05) is 50.9 Å². The van der Waals surface area contributed by atoms with Gasteiger partial charge in [0.25, 0.3) is 0 Å². The Morgan fingerprint density at radius 1 is 1.15 bits per heavy atom. The quantitative estimate of drug-likeness (QED) is 0.341. The van der Waals surface area contributed by atoms with Gasteiger partial charge >= 0.3 is 6.09 Å². The Kier molecular flexibility index (Phi) is 11.2. The van der Waals surface area contributed by atoms with Crippen LogP contribution in [-0.2, 0) is 16.0 Å². The van der Waals surface area contributed by atoms with E-state index in [2.05, 4.69) is 34.2 Å². The molecule has 0 aliphatic carbocycles. The van der Waals surface area contributed by atoms with E-state index in [1.54, 1.807) is 0 Å². The van der Waals surface area contributed by atoms with Crippen LogP contribution in [0.25, 0.3) is 0 Å². The first-order valence-corrected chi connectivity index (χ1v) is 10.7. The zero-order valence-corrected chi connectivity index (χ0v) is 17.6. The maximum Gasteiger partial charge on any atom is 0.412 e. The Hall–Kier alpha value is -2.02. The van der Waals surface area contributed by atoms with Gasteiger partial charge in [-0.25, -0.2) is 9.79 Å². The van der Waals surface area contributed by atoms with E-state index in [9.17, 15) is 9.59 Å². The van der Waals surface area contributed by atoms with Crippen LogP contribution >= 0.6 is 11.8 Å². The van der Waals surface area contributed by atoms with Crippen LogP contribution in [0.4, 0.5) is 16.2 Å². The summed E-state index contributed by atoms with van der Waals surface area (Å²) in [5, 5.41) is 5.95. The summed E-state index contributed by atoms with van der Waals surface area (Å²) in [7, 11) is 1.31. The van der Waals surface area contributed by atoms with Crippen LogP contribution in [0.3, 0.4) is 0 Å². The van der Waals surface area contributed by atoms with Crippen LogP contribution in [0.15, 0.2) is 23.2 Å². The van der Waals surface area contributed by atoms with Gasteiger partial charge in [0.15, 0.2) is 5.17 Å². The van der Waals surface area contributed by atoms with E-state index in [1.165, 1.54) is 18.9 Å². The van der Waals surface area contributed by atoms with Crippen molar-refractivity contribution in [1.82, 2.24) is 5.32 Å². The topological polar surface area (TPSA) is 79.8 Å². The number of alkyl carbamates (subject to hydrolysis) is 1. The van der Waals surface area contributed by atoms with Crippen molar-refractivity contribution in [3.05, 3.63) is 23.8 Å².